The third-order valence-corrected chi connectivity index (χ3v) is 4.50. The van der Waals surface area contributed by atoms with Gasteiger partial charge >= 0.3 is 0 Å². The molecule has 1 heterocycles. The van der Waals surface area contributed by atoms with E-state index in [9.17, 15) is 14.9 Å². The van der Waals surface area contributed by atoms with Crippen LogP contribution in [0.15, 0.2) is 30.9 Å². The van der Waals surface area contributed by atoms with E-state index >= 15 is 0 Å². The molecule has 1 N–H and O–H groups in total. The molecular formula is C18H19N5O2. The lowest BCUT2D eigenvalue weighted by molar-refractivity contribution is -0.122. The molecule has 1 aromatic carbocycles. The van der Waals surface area contributed by atoms with Crippen molar-refractivity contribution in [2.24, 2.45) is 5.92 Å². The maximum absolute atomic E-state index is 12.6. The van der Waals surface area contributed by atoms with Crippen molar-refractivity contribution in [3.8, 4) is 11.8 Å². The first kappa shape index (κ1) is 16.8. The second-order valence-electron chi connectivity index (χ2n) is 6.26. The van der Waals surface area contributed by atoms with Gasteiger partial charge in [0, 0.05) is 11.6 Å². The Morgan fingerprint density at radius 2 is 2.12 bits per heavy atom. The number of carbonyl (C=O) groups excluding carboxylic acids is 2. The summed E-state index contributed by atoms with van der Waals surface area (Å²) in [4.78, 5) is 28.8. The van der Waals surface area contributed by atoms with Crippen LogP contribution in [0.2, 0.25) is 0 Å². The van der Waals surface area contributed by atoms with Crippen molar-refractivity contribution in [3.63, 3.8) is 0 Å². The summed E-state index contributed by atoms with van der Waals surface area (Å²) in [5.41, 5.74) is 1.94. The molecule has 1 aliphatic rings. The summed E-state index contributed by atoms with van der Waals surface area (Å²) in [6, 6.07) is 6.94. The van der Waals surface area contributed by atoms with Crippen molar-refractivity contribution in [1.82, 2.24) is 20.1 Å². The van der Waals surface area contributed by atoms with Crippen LogP contribution >= 0.6 is 0 Å². The minimum Gasteiger partial charge on any atom is -0.352 e. The second kappa shape index (κ2) is 7.26. The summed E-state index contributed by atoms with van der Waals surface area (Å²) >= 11 is 0. The Labute approximate surface area is 145 Å². The number of ketones is 1. The number of nitrogens with one attached hydrogen (secondary N) is 1. The summed E-state index contributed by atoms with van der Waals surface area (Å²) < 4.78 is 1.60. The van der Waals surface area contributed by atoms with Crippen LogP contribution in [-0.4, -0.2) is 32.5 Å². The molecule has 25 heavy (non-hydrogen) atoms. The molecule has 0 spiro atoms. The van der Waals surface area contributed by atoms with Crippen molar-refractivity contribution in [2.75, 3.05) is 0 Å². The van der Waals surface area contributed by atoms with Gasteiger partial charge in [-0.05, 0) is 43.5 Å². The monoisotopic (exact) mass is 337 g/mol. The average molecular weight is 337 g/mol. The number of nitrogens with zero attached hydrogens (tertiary/aromatic N) is 4. The Balaban J connectivity index is 1.77. The highest BCUT2D eigenvalue weighted by atomic mass is 16.2. The summed E-state index contributed by atoms with van der Waals surface area (Å²) in [5.74, 6) is -2.30. The molecule has 0 radical (unpaired) electrons. The lowest BCUT2D eigenvalue weighted by Crippen LogP contribution is -2.39. The van der Waals surface area contributed by atoms with Crippen LogP contribution in [0.3, 0.4) is 0 Å². The number of benzene rings is 1. The number of aromatic nitrogens is 3. The number of amides is 1. The van der Waals surface area contributed by atoms with Gasteiger partial charge in [-0.1, -0.05) is 12.8 Å². The lowest BCUT2D eigenvalue weighted by atomic mass is 9.96. The SMILES string of the molecule is Cc1cc(C(=O)[C@@H](C#N)C(=O)NC2CCCC2)ccc1-n1cncn1. The van der Waals surface area contributed by atoms with Crippen LogP contribution in [0.4, 0.5) is 0 Å². The van der Waals surface area contributed by atoms with Gasteiger partial charge in [-0.15, -0.1) is 0 Å². The Morgan fingerprint density at radius 1 is 1.36 bits per heavy atom. The van der Waals surface area contributed by atoms with E-state index in [0.717, 1.165) is 36.9 Å². The predicted molar refractivity (Wildman–Crippen MR) is 89.9 cm³/mol. The molecule has 0 saturated heterocycles. The van der Waals surface area contributed by atoms with E-state index in [4.69, 9.17) is 0 Å². The molecule has 1 atom stereocenters. The van der Waals surface area contributed by atoms with E-state index < -0.39 is 17.6 Å². The van der Waals surface area contributed by atoms with Crippen molar-refractivity contribution in [2.45, 2.75) is 38.6 Å². The zero-order valence-corrected chi connectivity index (χ0v) is 14.0. The quantitative estimate of drug-likeness (QED) is 0.664. The van der Waals surface area contributed by atoms with Crippen LogP contribution < -0.4 is 5.32 Å². The number of Topliss-reactive ketones (excluding diaryl/α,β-unsaturated/α-hetero) is 1. The van der Waals surface area contributed by atoms with E-state index in [1.54, 1.807) is 29.2 Å². The van der Waals surface area contributed by atoms with Gasteiger partial charge in [0.05, 0.1) is 11.8 Å². The molecule has 1 aromatic heterocycles. The van der Waals surface area contributed by atoms with Crippen molar-refractivity contribution >= 4 is 11.7 Å². The molecule has 1 fully saturated rings. The van der Waals surface area contributed by atoms with E-state index in [-0.39, 0.29) is 6.04 Å². The number of aryl methyl sites for hydroxylation is 1. The van der Waals surface area contributed by atoms with Crippen molar-refractivity contribution < 1.29 is 9.59 Å². The Morgan fingerprint density at radius 3 is 2.72 bits per heavy atom. The number of carbonyl (C=O) groups is 2. The van der Waals surface area contributed by atoms with Crippen LogP contribution in [0.25, 0.3) is 5.69 Å². The normalized spacial score (nSPS) is 15.5. The fraction of sp³-hybridized carbons (Fsp3) is 0.389. The fourth-order valence-electron chi connectivity index (χ4n) is 3.16. The largest absolute Gasteiger partial charge is 0.352 e. The number of rotatable bonds is 5. The van der Waals surface area contributed by atoms with E-state index in [0.29, 0.717) is 5.56 Å². The Kier molecular flexibility index (Phi) is 4.89. The van der Waals surface area contributed by atoms with Crippen LogP contribution in [0.1, 0.15) is 41.6 Å². The van der Waals surface area contributed by atoms with Gasteiger partial charge in [0.25, 0.3) is 0 Å². The minimum absolute atomic E-state index is 0.0765. The number of hydrogen-bond donors (Lipinski definition) is 1. The van der Waals surface area contributed by atoms with Crippen LogP contribution in [-0.2, 0) is 4.79 Å². The first-order valence-corrected chi connectivity index (χ1v) is 8.30. The van der Waals surface area contributed by atoms with Gasteiger partial charge in [-0.3, -0.25) is 9.59 Å². The zero-order valence-electron chi connectivity index (χ0n) is 14.0. The minimum atomic E-state index is -1.32. The maximum Gasteiger partial charge on any atom is 0.245 e. The summed E-state index contributed by atoms with van der Waals surface area (Å²) in [6.07, 6.45) is 6.94. The summed E-state index contributed by atoms with van der Waals surface area (Å²) in [6.45, 7) is 1.84. The summed E-state index contributed by atoms with van der Waals surface area (Å²) in [5, 5.41) is 16.2. The smallest absolute Gasteiger partial charge is 0.245 e. The molecule has 3 rings (SSSR count). The summed E-state index contributed by atoms with van der Waals surface area (Å²) in [7, 11) is 0. The van der Waals surface area contributed by atoms with Gasteiger partial charge in [-0.2, -0.15) is 10.4 Å². The molecule has 1 amide bonds. The Bertz CT molecular complexity index is 816. The van der Waals surface area contributed by atoms with Gasteiger partial charge in [-0.25, -0.2) is 9.67 Å². The Hall–Kier alpha value is -3.01. The van der Waals surface area contributed by atoms with E-state index in [1.165, 1.54) is 6.33 Å². The third kappa shape index (κ3) is 3.58. The van der Waals surface area contributed by atoms with Crippen LogP contribution in [0, 0.1) is 24.2 Å². The molecule has 0 bridgehead atoms. The first-order chi connectivity index (χ1) is 12.1. The maximum atomic E-state index is 12.6. The van der Waals surface area contributed by atoms with Crippen molar-refractivity contribution in [3.05, 3.63) is 42.0 Å². The lowest BCUT2D eigenvalue weighted by Gasteiger charge is -2.15. The molecule has 7 heteroatoms. The molecule has 1 saturated carbocycles. The predicted octanol–water partition coefficient (Wildman–Crippen LogP) is 1.96. The second-order valence-corrected chi connectivity index (χ2v) is 6.26. The van der Waals surface area contributed by atoms with Crippen molar-refractivity contribution in [1.29, 1.82) is 5.26 Å². The molecule has 7 nitrogen and oxygen atoms in total. The standard InChI is InChI=1S/C18H19N5O2/c1-12-8-13(6-7-16(12)23-11-20-10-21-23)17(24)15(9-19)18(25)22-14-4-2-3-5-14/h6-8,10-11,14-15H,2-5H2,1H3,(H,22,25)/t15-/m1/s1. The third-order valence-electron chi connectivity index (χ3n) is 4.50. The highest BCUT2D eigenvalue weighted by molar-refractivity contribution is 6.12. The van der Waals surface area contributed by atoms with E-state index in [2.05, 4.69) is 15.4 Å². The molecule has 2 aromatic rings. The fourth-order valence-corrected chi connectivity index (χ4v) is 3.16. The molecule has 128 valence electrons. The highest BCUT2D eigenvalue weighted by Crippen LogP contribution is 2.20. The van der Waals surface area contributed by atoms with E-state index in [1.807, 2.05) is 13.0 Å². The topological polar surface area (TPSA) is 101 Å². The molecule has 0 aliphatic heterocycles. The molecule has 0 unspecified atom stereocenters. The van der Waals surface area contributed by atoms with Gasteiger partial charge in [0.2, 0.25) is 5.91 Å². The highest BCUT2D eigenvalue weighted by Gasteiger charge is 2.30. The average Bonchev–Trinajstić information content (AvgIpc) is 3.29. The van der Waals surface area contributed by atoms with Crippen LogP contribution in [0.5, 0.6) is 0 Å². The zero-order chi connectivity index (χ0) is 17.8. The molecular weight excluding hydrogens is 318 g/mol. The first-order valence-electron chi connectivity index (χ1n) is 8.30. The van der Waals surface area contributed by atoms with Gasteiger partial charge in [0.15, 0.2) is 11.7 Å². The van der Waals surface area contributed by atoms with Gasteiger partial charge < -0.3 is 5.32 Å². The van der Waals surface area contributed by atoms with Gasteiger partial charge in [0.1, 0.15) is 12.7 Å². The number of hydrogen-bond acceptors (Lipinski definition) is 5. The number of nitriles is 1. The molecule has 1 aliphatic carbocycles.